The summed E-state index contributed by atoms with van der Waals surface area (Å²) in [6, 6.07) is 1.69. The second-order valence-electron chi connectivity index (χ2n) is 8.60. The molecule has 0 aromatic carbocycles. The first kappa shape index (κ1) is 29.9. The van der Waals surface area contributed by atoms with Crippen molar-refractivity contribution in [3.05, 3.63) is 24.1 Å². The molecule has 0 bridgehead atoms. The molecule has 0 aliphatic carbocycles. The Morgan fingerprint density at radius 2 is 1.97 bits per heavy atom. The lowest BCUT2D eigenvalue weighted by molar-refractivity contribution is -0.152. The average molecular weight is 465 g/mol. The van der Waals surface area contributed by atoms with Crippen molar-refractivity contribution in [3.8, 4) is 6.07 Å². The van der Waals surface area contributed by atoms with Crippen LogP contribution in [0.4, 0.5) is 4.79 Å². The minimum atomic E-state index is -0.768. The fraction of sp³-hybridized carbons (Fsp3) is 0.696. The van der Waals surface area contributed by atoms with E-state index in [4.69, 9.17) is 21.3 Å². The first-order valence-corrected chi connectivity index (χ1v) is 10.7. The fourth-order valence-electron chi connectivity index (χ4n) is 3.34. The van der Waals surface area contributed by atoms with Crippen molar-refractivity contribution in [2.45, 2.75) is 45.6 Å². The summed E-state index contributed by atoms with van der Waals surface area (Å²) in [6.45, 7) is 18.1. The zero-order chi connectivity index (χ0) is 25.5. The summed E-state index contributed by atoms with van der Waals surface area (Å²) in [5.74, 6) is -0.331. The Labute approximate surface area is 196 Å². The summed E-state index contributed by atoms with van der Waals surface area (Å²) in [5.41, 5.74) is -1.33. The number of rotatable bonds is 4. The second-order valence-corrected chi connectivity index (χ2v) is 8.60. The van der Waals surface area contributed by atoms with Crippen molar-refractivity contribution in [1.82, 2.24) is 10.2 Å². The van der Waals surface area contributed by atoms with Gasteiger partial charge >= 0.3 is 18.0 Å². The maximum Gasteiger partial charge on any atom is 0.410 e. The largest absolute Gasteiger partial charge is 0.469 e. The van der Waals surface area contributed by atoms with Gasteiger partial charge in [-0.3, -0.25) is 9.59 Å². The molecule has 0 saturated carbocycles. The molecule has 33 heavy (non-hydrogen) atoms. The molecular weight excluding hydrogens is 428 g/mol. The fourth-order valence-corrected chi connectivity index (χ4v) is 3.34. The Bertz CT molecular complexity index is 744. The van der Waals surface area contributed by atoms with Crippen LogP contribution in [0.15, 0.2) is 12.7 Å². The normalized spacial score (nSPS) is 21.1. The minimum Gasteiger partial charge on any atom is -0.469 e. The molecule has 0 aromatic rings. The van der Waals surface area contributed by atoms with E-state index in [-0.39, 0.29) is 30.9 Å². The lowest BCUT2D eigenvalue weighted by Gasteiger charge is -2.27. The topological polar surface area (TPSA) is 122 Å². The number of carbonyl (C=O) groups is 3. The number of ether oxygens (including phenoxy) is 3. The van der Waals surface area contributed by atoms with Crippen LogP contribution in [0.3, 0.4) is 0 Å². The Balaban J connectivity index is 0.000000645. The summed E-state index contributed by atoms with van der Waals surface area (Å²) in [4.78, 5) is 39.6. The summed E-state index contributed by atoms with van der Waals surface area (Å²) in [6.07, 6.45) is 2.59. The second kappa shape index (κ2) is 14.9. The number of hydrogen-bond acceptors (Lipinski definition) is 8. The number of nitrogens with one attached hydrogen (secondary N) is 1. The van der Waals surface area contributed by atoms with E-state index in [9.17, 15) is 14.4 Å². The molecule has 2 fully saturated rings. The van der Waals surface area contributed by atoms with E-state index in [1.807, 2.05) is 0 Å². The summed E-state index contributed by atoms with van der Waals surface area (Å²) in [5, 5.41) is 10.6. The highest BCUT2D eigenvalue weighted by molar-refractivity contribution is 5.79. The van der Waals surface area contributed by atoms with Gasteiger partial charge in [-0.15, -0.1) is 0 Å². The molecule has 1 N–H and O–H groups in total. The van der Waals surface area contributed by atoms with Crippen LogP contribution >= 0.6 is 0 Å². The third kappa shape index (κ3) is 10.8. The van der Waals surface area contributed by atoms with Crippen LogP contribution in [0.5, 0.6) is 0 Å². The van der Waals surface area contributed by atoms with E-state index in [2.05, 4.69) is 21.5 Å². The number of esters is 2. The van der Waals surface area contributed by atoms with Gasteiger partial charge in [0.25, 0.3) is 0 Å². The van der Waals surface area contributed by atoms with Gasteiger partial charge in [-0.1, -0.05) is 6.58 Å². The third-order valence-electron chi connectivity index (χ3n) is 5.01. The van der Waals surface area contributed by atoms with Crippen molar-refractivity contribution in [2.75, 3.05) is 46.9 Å². The SMILES string of the molecule is C=CC#N.COC(=O)C1CCNC1.[C-]#[N+]CCC1(C(=O)OC)CCN(C(=O)OC(C)(C)C)C1. The standard InChI is InChI=1S/C14H22N2O4.C6H11NO2.C3H3N/c1-13(2,3)20-12(18)16-9-7-14(10-16,6-8-15-4)11(17)19-5;1-9-6(8)5-2-3-7-4-5;1-2-3-4/h6-10H2,1-3,5H3;5,7H,2-4H2,1H3;2H,1H2. The van der Waals surface area contributed by atoms with Gasteiger partial charge in [0.15, 0.2) is 0 Å². The van der Waals surface area contributed by atoms with E-state index in [0.29, 0.717) is 19.4 Å². The number of carbonyl (C=O) groups excluding carboxylic acids is 3. The van der Waals surface area contributed by atoms with Crippen LogP contribution in [0.2, 0.25) is 0 Å². The summed E-state index contributed by atoms with van der Waals surface area (Å²) in [7, 11) is 2.76. The highest BCUT2D eigenvalue weighted by Crippen LogP contribution is 2.36. The monoisotopic (exact) mass is 464 g/mol. The Morgan fingerprint density at radius 3 is 2.39 bits per heavy atom. The number of amides is 1. The van der Waals surface area contributed by atoms with Crippen LogP contribution in [-0.2, 0) is 23.8 Å². The molecule has 0 aromatic heterocycles. The van der Waals surface area contributed by atoms with E-state index in [0.717, 1.165) is 19.5 Å². The van der Waals surface area contributed by atoms with Crippen LogP contribution < -0.4 is 5.32 Å². The quantitative estimate of drug-likeness (QED) is 0.291. The molecule has 2 atom stereocenters. The van der Waals surface area contributed by atoms with E-state index < -0.39 is 17.1 Å². The number of hydrogen-bond donors (Lipinski definition) is 1. The van der Waals surface area contributed by atoms with Crippen molar-refractivity contribution in [3.63, 3.8) is 0 Å². The van der Waals surface area contributed by atoms with E-state index in [1.165, 1.54) is 25.2 Å². The zero-order valence-electron chi connectivity index (χ0n) is 20.3. The molecule has 2 heterocycles. The van der Waals surface area contributed by atoms with Crippen molar-refractivity contribution < 1.29 is 28.6 Å². The van der Waals surface area contributed by atoms with E-state index >= 15 is 0 Å². The molecule has 0 radical (unpaired) electrons. The Kier molecular flexibility index (Phi) is 13.5. The van der Waals surface area contributed by atoms with Gasteiger partial charge in [0, 0.05) is 32.1 Å². The highest BCUT2D eigenvalue weighted by Gasteiger charge is 2.48. The average Bonchev–Trinajstić information content (AvgIpc) is 3.47. The van der Waals surface area contributed by atoms with Gasteiger partial charge in [0.05, 0.1) is 31.6 Å². The molecule has 2 aliphatic rings. The van der Waals surface area contributed by atoms with Gasteiger partial charge in [-0.25, -0.2) is 11.4 Å². The molecule has 10 nitrogen and oxygen atoms in total. The lowest BCUT2D eigenvalue weighted by Crippen LogP contribution is -2.40. The van der Waals surface area contributed by atoms with Crippen LogP contribution in [0, 0.1) is 29.2 Å². The predicted molar refractivity (Wildman–Crippen MR) is 122 cm³/mol. The maximum absolute atomic E-state index is 12.0. The molecule has 184 valence electrons. The molecule has 2 aliphatic heterocycles. The van der Waals surface area contributed by atoms with Crippen molar-refractivity contribution >= 4 is 18.0 Å². The molecule has 0 spiro atoms. The van der Waals surface area contributed by atoms with Crippen LogP contribution in [-0.4, -0.2) is 75.5 Å². The molecular formula is C23H36N4O6. The molecule has 2 rings (SSSR count). The number of likely N-dealkylation sites (tertiary alicyclic amines) is 1. The third-order valence-corrected chi connectivity index (χ3v) is 5.01. The van der Waals surface area contributed by atoms with Crippen molar-refractivity contribution in [1.29, 1.82) is 5.26 Å². The smallest absolute Gasteiger partial charge is 0.410 e. The molecule has 2 unspecified atom stereocenters. The lowest BCUT2D eigenvalue weighted by atomic mass is 9.83. The first-order chi connectivity index (χ1) is 15.5. The predicted octanol–water partition coefficient (Wildman–Crippen LogP) is 2.56. The number of nitriles is 1. The highest BCUT2D eigenvalue weighted by atomic mass is 16.6. The summed E-state index contributed by atoms with van der Waals surface area (Å²) < 4.78 is 14.7. The Morgan fingerprint density at radius 1 is 1.33 bits per heavy atom. The number of methoxy groups -OCH3 is 2. The van der Waals surface area contributed by atoms with Crippen LogP contribution in [0.25, 0.3) is 4.85 Å². The van der Waals surface area contributed by atoms with Gasteiger partial charge in [0.2, 0.25) is 6.54 Å². The van der Waals surface area contributed by atoms with Gasteiger partial charge in [-0.05, 0) is 40.2 Å². The zero-order valence-corrected chi connectivity index (χ0v) is 20.3. The molecule has 10 heteroatoms. The number of nitrogens with zero attached hydrogens (tertiary/aromatic N) is 3. The molecule has 2 saturated heterocycles. The molecule has 1 amide bonds. The van der Waals surface area contributed by atoms with Gasteiger partial charge in [-0.2, -0.15) is 5.26 Å². The van der Waals surface area contributed by atoms with Crippen LogP contribution in [0.1, 0.15) is 40.0 Å². The van der Waals surface area contributed by atoms with Gasteiger partial charge < -0.3 is 29.3 Å². The Hall–Kier alpha value is -3.11. The first-order valence-electron chi connectivity index (χ1n) is 10.7. The van der Waals surface area contributed by atoms with E-state index in [1.54, 1.807) is 26.8 Å². The van der Waals surface area contributed by atoms with Crippen molar-refractivity contribution in [2.24, 2.45) is 11.3 Å². The number of allylic oxidation sites excluding steroid dienone is 1. The van der Waals surface area contributed by atoms with Gasteiger partial charge in [0.1, 0.15) is 5.60 Å². The summed E-state index contributed by atoms with van der Waals surface area (Å²) >= 11 is 0. The maximum atomic E-state index is 12.0. The minimum absolute atomic E-state index is 0.0833.